The summed E-state index contributed by atoms with van der Waals surface area (Å²) in [6.45, 7) is 2.43. The summed E-state index contributed by atoms with van der Waals surface area (Å²) < 4.78 is 80.6. The molecule has 1 atom stereocenters. The Kier molecular flexibility index (Phi) is 7.76. The Morgan fingerprint density at radius 1 is 0.897 bits per heavy atom. The quantitative estimate of drug-likeness (QED) is 0.405. The molecule has 3 aromatic rings. The summed E-state index contributed by atoms with van der Waals surface area (Å²) in [4.78, 5) is 10.5. The summed E-state index contributed by atoms with van der Waals surface area (Å²) >= 11 is 0. The number of nitrogens with one attached hydrogen (secondary N) is 1. The zero-order chi connectivity index (χ0) is 27.8. The molecule has 1 aromatic heterocycles. The summed E-state index contributed by atoms with van der Waals surface area (Å²) in [6.07, 6.45) is 0.473. The van der Waals surface area contributed by atoms with E-state index in [-0.39, 0.29) is 28.4 Å². The molecule has 2 fully saturated rings. The minimum Gasteiger partial charge on any atom is -0.317 e. The predicted molar refractivity (Wildman–Crippen MR) is 140 cm³/mol. The van der Waals surface area contributed by atoms with Gasteiger partial charge in [0.25, 0.3) is 0 Å². The van der Waals surface area contributed by atoms with Crippen LogP contribution in [-0.4, -0.2) is 55.2 Å². The van der Waals surface area contributed by atoms with Crippen LogP contribution < -0.4 is 5.32 Å². The van der Waals surface area contributed by atoms with Crippen LogP contribution in [0.15, 0.2) is 53.4 Å². The molecule has 208 valence electrons. The Labute approximate surface area is 225 Å². The van der Waals surface area contributed by atoms with Gasteiger partial charge in [0, 0.05) is 23.4 Å². The molecule has 39 heavy (non-hydrogen) atoms. The van der Waals surface area contributed by atoms with Crippen LogP contribution in [0.1, 0.15) is 49.7 Å². The van der Waals surface area contributed by atoms with Gasteiger partial charge in [0.05, 0.1) is 22.3 Å². The van der Waals surface area contributed by atoms with Crippen LogP contribution in [0.5, 0.6) is 0 Å². The third-order valence-corrected chi connectivity index (χ3v) is 8.65. The number of piperidine rings is 2. The summed E-state index contributed by atoms with van der Waals surface area (Å²) in [5.41, 5.74) is 1.53. The Morgan fingerprint density at radius 2 is 1.54 bits per heavy atom. The first-order valence-corrected chi connectivity index (χ1v) is 14.9. The van der Waals surface area contributed by atoms with Crippen LogP contribution in [-0.2, 0) is 16.0 Å². The Hall–Kier alpha value is -2.89. The first kappa shape index (κ1) is 27.7. The van der Waals surface area contributed by atoms with Crippen LogP contribution in [0.4, 0.5) is 17.6 Å². The number of likely N-dealkylation sites (tertiary alicyclic amines) is 1. The third kappa shape index (κ3) is 6.00. The van der Waals surface area contributed by atoms with E-state index in [2.05, 4.69) is 20.2 Å². The van der Waals surface area contributed by atoms with E-state index in [1.807, 2.05) is 0 Å². The van der Waals surface area contributed by atoms with Crippen molar-refractivity contribution in [1.29, 1.82) is 0 Å². The second kappa shape index (κ2) is 10.9. The Morgan fingerprint density at radius 3 is 2.15 bits per heavy atom. The van der Waals surface area contributed by atoms with Crippen molar-refractivity contribution in [3.63, 3.8) is 0 Å². The number of benzene rings is 2. The monoisotopic (exact) mass is 562 g/mol. The molecule has 2 saturated heterocycles. The van der Waals surface area contributed by atoms with Gasteiger partial charge in [-0.25, -0.2) is 22.8 Å². The number of hydrogen-bond acceptors (Lipinski definition) is 6. The first-order chi connectivity index (χ1) is 18.5. The van der Waals surface area contributed by atoms with E-state index in [0.717, 1.165) is 51.6 Å². The molecule has 11 heteroatoms. The van der Waals surface area contributed by atoms with Gasteiger partial charge in [-0.1, -0.05) is 30.7 Å². The Balaban J connectivity index is 1.76. The van der Waals surface area contributed by atoms with Crippen molar-refractivity contribution in [2.75, 3.05) is 25.9 Å². The average molecular weight is 563 g/mol. The van der Waals surface area contributed by atoms with Gasteiger partial charge >= 0.3 is 6.18 Å². The maximum absolute atomic E-state index is 14.2. The third-order valence-electron chi connectivity index (χ3n) is 7.52. The van der Waals surface area contributed by atoms with Crippen LogP contribution in [0.2, 0.25) is 0 Å². The van der Waals surface area contributed by atoms with Gasteiger partial charge in [-0.15, -0.1) is 0 Å². The lowest BCUT2D eigenvalue weighted by molar-refractivity contribution is -0.145. The standard InChI is InChI=1S/C28H30F4N4O2S/c1-39(37,38)22-11-7-19(8-12-22)25-24(18-5-9-20(29)10-6-18)26(35-27(34-25)28(30,31)32)23-4-2-3-17-36(23)21-13-15-33-16-14-21/h5-12,21,23,33H,2-4,13-17H2,1H3/t23-/m1/s1. The van der Waals surface area contributed by atoms with E-state index in [4.69, 9.17) is 0 Å². The van der Waals surface area contributed by atoms with Crippen molar-refractivity contribution < 1.29 is 26.0 Å². The zero-order valence-electron chi connectivity index (χ0n) is 21.5. The summed E-state index contributed by atoms with van der Waals surface area (Å²) in [5.74, 6) is -1.72. The molecule has 1 N–H and O–H groups in total. The predicted octanol–water partition coefficient (Wildman–Crippen LogP) is 5.65. The van der Waals surface area contributed by atoms with Crippen molar-refractivity contribution >= 4 is 9.84 Å². The molecule has 0 aliphatic carbocycles. The number of alkyl halides is 3. The largest absolute Gasteiger partial charge is 0.451 e. The van der Waals surface area contributed by atoms with Crippen molar-refractivity contribution in [3.8, 4) is 22.4 Å². The topological polar surface area (TPSA) is 75.2 Å². The SMILES string of the molecule is CS(=O)(=O)c1ccc(-c2nc(C(F)(F)F)nc([C@H]3CCCCN3C3CCNCC3)c2-c2ccc(F)cc2)cc1. The van der Waals surface area contributed by atoms with E-state index in [9.17, 15) is 26.0 Å². The van der Waals surface area contributed by atoms with Gasteiger partial charge in [-0.2, -0.15) is 13.2 Å². The second-order valence-corrected chi connectivity index (χ2v) is 12.2. The molecular formula is C28H30F4N4O2S. The molecular weight excluding hydrogens is 532 g/mol. The van der Waals surface area contributed by atoms with Gasteiger partial charge in [-0.05, 0) is 75.1 Å². The second-order valence-electron chi connectivity index (χ2n) is 10.2. The maximum atomic E-state index is 14.2. The highest BCUT2D eigenvalue weighted by atomic mass is 32.2. The van der Waals surface area contributed by atoms with Crippen LogP contribution in [0, 0.1) is 5.82 Å². The lowest BCUT2D eigenvalue weighted by Gasteiger charge is -2.43. The molecule has 5 rings (SSSR count). The fourth-order valence-corrected chi connectivity index (χ4v) is 6.27. The highest BCUT2D eigenvalue weighted by molar-refractivity contribution is 7.90. The van der Waals surface area contributed by atoms with Gasteiger partial charge in [-0.3, -0.25) is 4.90 Å². The maximum Gasteiger partial charge on any atom is 0.451 e. The van der Waals surface area contributed by atoms with Crippen LogP contribution in [0.25, 0.3) is 22.4 Å². The van der Waals surface area contributed by atoms with Crippen molar-refractivity contribution in [1.82, 2.24) is 20.2 Å². The van der Waals surface area contributed by atoms with E-state index in [1.165, 1.54) is 48.5 Å². The number of halogens is 4. The number of rotatable bonds is 5. The van der Waals surface area contributed by atoms with Gasteiger partial charge in [0.1, 0.15) is 5.82 Å². The van der Waals surface area contributed by atoms with Crippen molar-refractivity contribution in [2.45, 2.75) is 55.3 Å². The van der Waals surface area contributed by atoms with Crippen LogP contribution in [0.3, 0.4) is 0 Å². The summed E-state index contributed by atoms with van der Waals surface area (Å²) in [6, 6.07) is 11.0. The minimum atomic E-state index is -4.80. The fourth-order valence-electron chi connectivity index (χ4n) is 5.64. The molecule has 0 bridgehead atoms. The molecule has 0 spiro atoms. The smallest absolute Gasteiger partial charge is 0.317 e. The fraction of sp³-hybridized carbons (Fsp3) is 0.429. The minimum absolute atomic E-state index is 0.0369. The van der Waals surface area contributed by atoms with Crippen molar-refractivity contribution in [2.24, 2.45) is 0 Å². The number of hydrogen-bond donors (Lipinski definition) is 1. The molecule has 0 radical (unpaired) electrons. The molecule has 3 heterocycles. The molecule has 0 unspecified atom stereocenters. The van der Waals surface area contributed by atoms with E-state index in [1.54, 1.807) is 0 Å². The molecule has 6 nitrogen and oxygen atoms in total. The highest BCUT2D eigenvalue weighted by Gasteiger charge is 2.40. The molecule has 0 amide bonds. The van der Waals surface area contributed by atoms with Gasteiger partial charge in [0.15, 0.2) is 9.84 Å². The molecule has 2 aliphatic heterocycles. The highest BCUT2D eigenvalue weighted by Crippen LogP contribution is 2.43. The van der Waals surface area contributed by atoms with E-state index >= 15 is 0 Å². The number of aromatic nitrogens is 2. The molecule has 2 aliphatic rings. The van der Waals surface area contributed by atoms with Crippen molar-refractivity contribution in [3.05, 3.63) is 65.9 Å². The van der Waals surface area contributed by atoms with E-state index in [0.29, 0.717) is 23.1 Å². The zero-order valence-corrected chi connectivity index (χ0v) is 22.3. The normalized spacial score (nSPS) is 19.8. The molecule has 2 aromatic carbocycles. The van der Waals surface area contributed by atoms with E-state index < -0.39 is 27.7 Å². The van der Waals surface area contributed by atoms with Gasteiger partial charge < -0.3 is 5.32 Å². The average Bonchev–Trinajstić information content (AvgIpc) is 2.92. The first-order valence-electron chi connectivity index (χ1n) is 13.0. The lowest BCUT2D eigenvalue weighted by Crippen LogP contribution is -2.47. The summed E-state index contributed by atoms with van der Waals surface area (Å²) in [7, 11) is -3.51. The van der Waals surface area contributed by atoms with Gasteiger partial charge in [0.2, 0.25) is 5.82 Å². The molecule has 0 saturated carbocycles. The summed E-state index contributed by atoms with van der Waals surface area (Å²) in [5, 5.41) is 3.35. The van der Waals surface area contributed by atoms with Crippen LogP contribution >= 0.6 is 0 Å². The Bertz CT molecular complexity index is 1420. The number of sulfone groups is 1. The number of nitrogens with zero attached hydrogens (tertiary/aromatic N) is 3. The lowest BCUT2D eigenvalue weighted by atomic mass is 9.88.